The molecule has 16 heteroatoms. The Kier molecular flexibility index (Phi) is 35.1. The van der Waals surface area contributed by atoms with Crippen LogP contribution in [-0.4, -0.2) is 81.6 Å². The molecular formula is C41H76O14P2. The molecule has 0 amide bonds. The van der Waals surface area contributed by atoms with E-state index in [4.69, 9.17) is 23.8 Å². The van der Waals surface area contributed by atoms with Gasteiger partial charge in [0.05, 0.1) is 25.9 Å². The van der Waals surface area contributed by atoms with Gasteiger partial charge in [0.15, 0.2) is 6.10 Å². The van der Waals surface area contributed by atoms with Crippen LogP contribution < -0.4 is 0 Å². The molecule has 0 fully saturated rings. The van der Waals surface area contributed by atoms with Crippen molar-refractivity contribution in [1.29, 1.82) is 0 Å². The third-order valence-electron chi connectivity index (χ3n) is 9.18. The Balaban J connectivity index is 4.63. The summed E-state index contributed by atoms with van der Waals surface area (Å²) in [5, 5.41) is 19.9. The van der Waals surface area contributed by atoms with E-state index in [1.165, 1.54) is 51.4 Å². The fourth-order valence-corrected chi connectivity index (χ4v) is 6.72. The molecule has 57 heavy (non-hydrogen) atoms. The molecule has 3 unspecified atom stereocenters. The molecule has 0 aromatic heterocycles. The number of hydrogen-bond donors (Lipinski definition) is 5. The van der Waals surface area contributed by atoms with Crippen LogP contribution in [-0.2, 0) is 41.8 Å². The maximum atomic E-state index is 12.6. The summed E-state index contributed by atoms with van der Waals surface area (Å²) < 4.78 is 47.7. The van der Waals surface area contributed by atoms with E-state index in [0.29, 0.717) is 19.3 Å². The van der Waals surface area contributed by atoms with Crippen molar-refractivity contribution in [3.63, 3.8) is 0 Å². The zero-order valence-electron chi connectivity index (χ0n) is 35.0. The van der Waals surface area contributed by atoms with Gasteiger partial charge in [-0.3, -0.25) is 23.2 Å². The SMILES string of the molecule is CC/C=C/C/C=C/C=C/C(O)CCCCCCCC(=O)O[C@H](COC(=O)CCCCCCCCCCCCC(C)CC)COP(=O)(O)OC[C@@H](O)COP(=O)(O)O. The summed E-state index contributed by atoms with van der Waals surface area (Å²) in [6.07, 6.45) is 28.8. The van der Waals surface area contributed by atoms with Crippen LogP contribution in [0.3, 0.4) is 0 Å². The highest BCUT2D eigenvalue weighted by Gasteiger charge is 2.28. The topological polar surface area (TPSA) is 216 Å². The van der Waals surface area contributed by atoms with E-state index in [2.05, 4.69) is 42.0 Å². The number of allylic oxidation sites excluding steroid dienone is 5. The Labute approximate surface area is 342 Å². The van der Waals surface area contributed by atoms with Crippen molar-refractivity contribution in [2.24, 2.45) is 5.92 Å². The van der Waals surface area contributed by atoms with Crippen molar-refractivity contribution in [2.45, 2.75) is 180 Å². The fourth-order valence-electron chi connectivity index (χ4n) is 5.57. The van der Waals surface area contributed by atoms with Crippen LogP contribution in [0.5, 0.6) is 0 Å². The van der Waals surface area contributed by atoms with Crippen LogP contribution in [0.1, 0.15) is 162 Å². The molecule has 0 saturated heterocycles. The van der Waals surface area contributed by atoms with E-state index in [1.54, 1.807) is 6.08 Å². The van der Waals surface area contributed by atoms with Gasteiger partial charge >= 0.3 is 27.6 Å². The number of aliphatic hydroxyl groups excluding tert-OH is 2. The molecule has 334 valence electrons. The highest BCUT2D eigenvalue weighted by molar-refractivity contribution is 7.47. The second-order valence-corrected chi connectivity index (χ2v) is 17.4. The van der Waals surface area contributed by atoms with E-state index < -0.39 is 72.3 Å². The van der Waals surface area contributed by atoms with Gasteiger partial charge in [0.1, 0.15) is 12.7 Å². The minimum atomic E-state index is -4.87. The van der Waals surface area contributed by atoms with Crippen LogP contribution in [0, 0.1) is 5.92 Å². The van der Waals surface area contributed by atoms with Crippen molar-refractivity contribution < 1.29 is 66.7 Å². The number of hydrogen-bond acceptors (Lipinski definition) is 11. The van der Waals surface area contributed by atoms with Gasteiger partial charge in [-0.1, -0.05) is 154 Å². The first-order valence-corrected chi connectivity index (χ1v) is 24.2. The van der Waals surface area contributed by atoms with E-state index >= 15 is 0 Å². The zero-order chi connectivity index (χ0) is 42.6. The Morgan fingerprint density at radius 3 is 1.72 bits per heavy atom. The standard InChI is InChI=1S/C41H76O14P2/c1-4-6-7-8-13-18-23-28-37(42)29-24-19-16-21-26-31-41(45)55-39(35-54-57(49,50)53-33-38(43)32-52-56(46,47)48)34-51-40(44)30-25-20-15-12-10-9-11-14-17-22-27-36(3)5-2/h6-7,13,18,23,28,36-39,42-43H,4-5,8-12,14-17,19-22,24-27,29-35H2,1-3H3,(H,49,50)(H2,46,47,48)/b7-6+,18-13+,28-23+/t36?,37?,38-,39+/m0/s1. The number of ether oxygens (including phenoxy) is 2. The molecule has 5 N–H and O–H groups in total. The van der Waals surface area contributed by atoms with Crippen LogP contribution in [0.25, 0.3) is 0 Å². The fraction of sp³-hybridized carbons (Fsp3) is 0.805. The number of rotatable bonds is 39. The first-order valence-electron chi connectivity index (χ1n) is 21.2. The Morgan fingerprint density at radius 1 is 0.614 bits per heavy atom. The molecule has 0 radical (unpaired) electrons. The molecule has 0 aliphatic heterocycles. The summed E-state index contributed by atoms with van der Waals surface area (Å²) in [6, 6.07) is 0. The molecule has 0 aliphatic rings. The second-order valence-electron chi connectivity index (χ2n) is 14.7. The summed E-state index contributed by atoms with van der Waals surface area (Å²) in [5.74, 6) is -0.288. The lowest BCUT2D eigenvalue weighted by molar-refractivity contribution is -0.161. The van der Waals surface area contributed by atoms with Gasteiger partial charge in [-0.15, -0.1) is 0 Å². The van der Waals surface area contributed by atoms with Crippen LogP contribution >= 0.6 is 15.6 Å². The molecule has 0 saturated carbocycles. The highest BCUT2D eigenvalue weighted by Crippen LogP contribution is 2.43. The van der Waals surface area contributed by atoms with E-state index in [0.717, 1.165) is 63.7 Å². The molecule has 0 aromatic rings. The van der Waals surface area contributed by atoms with E-state index in [-0.39, 0.29) is 12.8 Å². The van der Waals surface area contributed by atoms with Gasteiger partial charge in [0.25, 0.3) is 0 Å². The van der Waals surface area contributed by atoms with Crippen molar-refractivity contribution in [3.05, 3.63) is 36.5 Å². The lowest BCUT2D eigenvalue weighted by Crippen LogP contribution is -2.30. The first kappa shape index (κ1) is 55.3. The number of carbonyl (C=O) groups excluding carboxylic acids is 2. The van der Waals surface area contributed by atoms with Crippen molar-refractivity contribution >= 4 is 27.6 Å². The highest BCUT2D eigenvalue weighted by atomic mass is 31.2. The largest absolute Gasteiger partial charge is 0.472 e. The Bertz CT molecular complexity index is 1190. The maximum Gasteiger partial charge on any atom is 0.472 e. The van der Waals surface area contributed by atoms with Crippen LogP contribution in [0.15, 0.2) is 36.5 Å². The average Bonchev–Trinajstić information content (AvgIpc) is 3.16. The monoisotopic (exact) mass is 854 g/mol. The lowest BCUT2D eigenvalue weighted by Gasteiger charge is -2.20. The summed E-state index contributed by atoms with van der Waals surface area (Å²) in [5.41, 5.74) is 0. The first-order chi connectivity index (χ1) is 27.2. The van der Waals surface area contributed by atoms with Crippen LogP contribution in [0.2, 0.25) is 0 Å². The summed E-state index contributed by atoms with van der Waals surface area (Å²) in [6.45, 7) is 3.84. The molecule has 0 rings (SSSR count). The zero-order valence-corrected chi connectivity index (χ0v) is 36.8. The Hall–Kier alpha value is -1.70. The summed E-state index contributed by atoms with van der Waals surface area (Å²) >= 11 is 0. The molecule has 0 aliphatic carbocycles. The van der Waals surface area contributed by atoms with Gasteiger partial charge in [-0.2, -0.15) is 0 Å². The molecule has 5 atom stereocenters. The van der Waals surface area contributed by atoms with Gasteiger partial charge in [0.2, 0.25) is 0 Å². The Morgan fingerprint density at radius 2 is 1.14 bits per heavy atom. The van der Waals surface area contributed by atoms with E-state index in [1.807, 2.05) is 18.2 Å². The molecule has 0 spiro atoms. The minimum Gasteiger partial charge on any atom is -0.462 e. The number of esters is 2. The summed E-state index contributed by atoms with van der Waals surface area (Å²) in [7, 11) is -9.70. The van der Waals surface area contributed by atoms with Crippen LogP contribution in [0.4, 0.5) is 0 Å². The number of phosphoric ester groups is 2. The minimum absolute atomic E-state index is 0.0624. The number of phosphoric acid groups is 2. The number of aliphatic hydroxyl groups is 2. The lowest BCUT2D eigenvalue weighted by atomic mass is 9.99. The number of unbranched alkanes of at least 4 members (excludes halogenated alkanes) is 13. The van der Waals surface area contributed by atoms with E-state index in [9.17, 15) is 33.8 Å². The third-order valence-corrected chi connectivity index (χ3v) is 10.6. The van der Waals surface area contributed by atoms with Crippen molar-refractivity contribution in [3.8, 4) is 0 Å². The van der Waals surface area contributed by atoms with Crippen molar-refractivity contribution in [2.75, 3.05) is 26.4 Å². The summed E-state index contributed by atoms with van der Waals surface area (Å²) in [4.78, 5) is 52.6. The van der Waals surface area contributed by atoms with Crippen molar-refractivity contribution in [1.82, 2.24) is 0 Å². The van der Waals surface area contributed by atoms with Gasteiger partial charge in [-0.25, -0.2) is 9.13 Å². The molecule has 14 nitrogen and oxygen atoms in total. The van der Waals surface area contributed by atoms with Gasteiger partial charge in [-0.05, 0) is 38.0 Å². The maximum absolute atomic E-state index is 12.6. The molecule has 0 bridgehead atoms. The molecular weight excluding hydrogens is 778 g/mol. The predicted molar refractivity (Wildman–Crippen MR) is 222 cm³/mol. The normalized spacial score (nSPS) is 15.6. The predicted octanol–water partition coefficient (Wildman–Crippen LogP) is 9.33. The third kappa shape index (κ3) is 39.5. The number of carbonyl (C=O) groups is 2. The average molecular weight is 855 g/mol. The quantitative estimate of drug-likeness (QED) is 0.0128. The smallest absolute Gasteiger partial charge is 0.462 e. The van der Waals surface area contributed by atoms with Gasteiger partial charge < -0.3 is 34.4 Å². The second kappa shape index (κ2) is 36.2. The molecule has 0 aromatic carbocycles. The molecule has 0 heterocycles. The van der Waals surface area contributed by atoms with Gasteiger partial charge in [0, 0.05) is 12.8 Å².